The molecule has 2 atom stereocenters. The first-order valence-electron chi connectivity index (χ1n) is 11.9. The number of nitrogens with one attached hydrogen (secondary N) is 1. The topological polar surface area (TPSA) is 102 Å². The second-order valence-corrected chi connectivity index (χ2v) is 8.40. The second kappa shape index (κ2) is 11.2. The summed E-state index contributed by atoms with van der Waals surface area (Å²) >= 11 is 0. The van der Waals surface area contributed by atoms with Gasteiger partial charge in [-0.05, 0) is 31.2 Å². The lowest BCUT2D eigenvalue weighted by atomic mass is 9.90. The highest BCUT2D eigenvalue weighted by Gasteiger charge is 2.43. The molecule has 10 heteroatoms. The first kappa shape index (κ1) is 25.2. The van der Waals surface area contributed by atoms with Crippen molar-refractivity contribution in [3.8, 4) is 17.2 Å². The van der Waals surface area contributed by atoms with Crippen molar-refractivity contribution in [2.24, 2.45) is 10.9 Å². The van der Waals surface area contributed by atoms with Crippen LogP contribution in [0.1, 0.15) is 18.5 Å². The van der Waals surface area contributed by atoms with Crippen LogP contribution >= 0.6 is 0 Å². The molecular weight excluding hydrogens is 464 g/mol. The number of benzene rings is 2. The maximum Gasteiger partial charge on any atom is 0.321 e. The molecule has 2 unspecified atom stereocenters. The summed E-state index contributed by atoms with van der Waals surface area (Å²) in [5.74, 6) is 0.124. The second-order valence-electron chi connectivity index (χ2n) is 8.40. The Labute approximate surface area is 210 Å². The third-order valence-corrected chi connectivity index (χ3v) is 6.39. The first-order chi connectivity index (χ1) is 17.5. The van der Waals surface area contributed by atoms with Gasteiger partial charge in [0.1, 0.15) is 23.3 Å². The summed E-state index contributed by atoms with van der Waals surface area (Å²) < 4.78 is 21.4. The van der Waals surface area contributed by atoms with E-state index in [4.69, 9.17) is 23.9 Å². The van der Waals surface area contributed by atoms with Gasteiger partial charge in [-0.1, -0.05) is 6.07 Å². The third kappa shape index (κ3) is 5.17. The van der Waals surface area contributed by atoms with Gasteiger partial charge < -0.3 is 28.7 Å². The van der Waals surface area contributed by atoms with Gasteiger partial charge in [0.05, 0.1) is 27.9 Å². The molecule has 36 heavy (non-hydrogen) atoms. The fourth-order valence-corrected chi connectivity index (χ4v) is 4.49. The number of guanidine groups is 1. The number of carbonyl (C=O) groups is 2. The average Bonchev–Trinajstić information content (AvgIpc) is 2.92. The Morgan fingerprint density at radius 2 is 1.67 bits per heavy atom. The van der Waals surface area contributed by atoms with Gasteiger partial charge in [-0.3, -0.25) is 14.9 Å². The molecular formula is C26H32N4O6. The van der Waals surface area contributed by atoms with Crippen LogP contribution in [0.5, 0.6) is 17.2 Å². The minimum atomic E-state index is -1.13. The molecule has 10 nitrogen and oxygen atoms in total. The highest BCUT2D eigenvalue weighted by molar-refractivity contribution is 6.08. The molecule has 4 rings (SSSR count). The SMILES string of the molecule is CCOC(=O)C1C(=O)NC(N2CCN(c3cccc(OC)c3)CC2)=NC1c1ccc(OC)cc1OC. The van der Waals surface area contributed by atoms with Gasteiger partial charge in [0.15, 0.2) is 5.92 Å². The van der Waals surface area contributed by atoms with E-state index < -0.39 is 23.8 Å². The van der Waals surface area contributed by atoms with Gasteiger partial charge in [-0.25, -0.2) is 4.99 Å². The zero-order valence-electron chi connectivity index (χ0n) is 21.0. The minimum absolute atomic E-state index is 0.165. The van der Waals surface area contributed by atoms with Gasteiger partial charge in [-0.15, -0.1) is 0 Å². The lowest BCUT2D eigenvalue weighted by molar-refractivity contribution is -0.153. The molecule has 2 aromatic rings. The standard InChI is InChI=1S/C26H32N4O6/c1-5-36-25(32)22-23(20-10-9-19(34-3)16-21(20)35-4)27-26(28-24(22)31)30-13-11-29(12-14-30)17-7-6-8-18(15-17)33-2/h6-10,15-16,22-23H,5,11-14H2,1-4H3,(H,27,28,31). The summed E-state index contributed by atoms with van der Waals surface area (Å²) in [4.78, 5) is 35.2. The van der Waals surface area contributed by atoms with Gasteiger partial charge in [0, 0.05) is 49.6 Å². The van der Waals surface area contributed by atoms with E-state index >= 15 is 0 Å². The van der Waals surface area contributed by atoms with Gasteiger partial charge >= 0.3 is 5.97 Å². The highest BCUT2D eigenvalue weighted by Crippen LogP contribution is 2.38. The number of piperazine rings is 1. The number of hydrogen-bond acceptors (Lipinski definition) is 9. The summed E-state index contributed by atoms with van der Waals surface area (Å²) in [6, 6.07) is 12.4. The van der Waals surface area contributed by atoms with E-state index in [1.807, 2.05) is 29.2 Å². The summed E-state index contributed by atoms with van der Waals surface area (Å²) in [5, 5.41) is 2.84. The van der Waals surface area contributed by atoms with Gasteiger partial charge in [0.2, 0.25) is 11.9 Å². The Morgan fingerprint density at radius 3 is 2.33 bits per heavy atom. The van der Waals surface area contributed by atoms with Crippen molar-refractivity contribution in [2.75, 3.05) is 59.0 Å². The van der Waals surface area contributed by atoms with Crippen LogP contribution in [0.25, 0.3) is 0 Å². The molecule has 0 aliphatic carbocycles. The van der Waals surface area contributed by atoms with Crippen LogP contribution in [0, 0.1) is 5.92 Å². The maximum atomic E-state index is 13.2. The van der Waals surface area contributed by atoms with Crippen LogP contribution in [0.2, 0.25) is 0 Å². The van der Waals surface area contributed by atoms with Crippen molar-refractivity contribution in [3.63, 3.8) is 0 Å². The number of rotatable bonds is 7. The molecule has 2 aliphatic rings. The number of methoxy groups -OCH3 is 3. The molecule has 2 heterocycles. The Kier molecular flexibility index (Phi) is 7.82. The predicted molar refractivity (Wildman–Crippen MR) is 135 cm³/mol. The number of anilines is 1. The number of ether oxygens (including phenoxy) is 4. The van der Waals surface area contributed by atoms with Crippen LogP contribution in [0.15, 0.2) is 47.5 Å². The number of nitrogens with zero attached hydrogens (tertiary/aromatic N) is 3. The van der Waals surface area contributed by atoms with Gasteiger partial charge in [-0.2, -0.15) is 0 Å². The smallest absolute Gasteiger partial charge is 0.321 e. The number of amides is 1. The Balaban J connectivity index is 1.61. The molecule has 1 saturated heterocycles. The summed E-state index contributed by atoms with van der Waals surface area (Å²) in [5.41, 5.74) is 1.69. The van der Waals surface area contributed by atoms with Crippen LogP contribution in [0.4, 0.5) is 5.69 Å². The fourth-order valence-electron chi connectivity index (χ4n) is 4.49. The molecule has 0 radical (unpaired) electrons. The average molecular weight is 497 g/mol. The van der Waals surface area contributed by atoms with Crippen molar-refractivity contribution >= 4 is 23.5 Å². The normalized spacial score (nSPS) is 19.8. The summed E-state index contributed by atoms with van der Waals surface area (Å²) in [6.45, 7) is 4.63. The number of hydrogen-bond donors (Lipinski definition) is 1. The molecule has 2 aromatic carbocycles. The van der Waals surface area contributed by atoms with Crippen molar-refractivity contribution in [3.05, 3.63) is 48.0 Å². The number of carbonyl (C=O) groups excluding carboxylic acids is 2. The molecule has 1 amide bonds. The molecule has 0 saturated carbocycles. The van der Waals surface area contributed by atoms with Crippen LogP contribution < -0.4 is 24.4 Å². The maximum absolute atomic E-state index is 13.2. The van der Waals surface area contributed by atoms with E-state index in [1.165, 1.54) is 7.11 Å². The van der Waals surface area contributed by atoms with Crippen molar-refractivity contribution < 1.29 is 28.5 Å². The van der Waals surface area contributed by atoms with Crippen LogP contribution in [-0.4, -0.2) is 76.9 Å². The van der Waals surface area contributed by atoms with E-state index in [0.717, 1.165) is 24.5 Å². The molecule has 0 aromatic heterocycles. The van der Waals surface area contributed by atoms with Crippen molar-refractivity contribution in [1.82, 2.24) is 10.2 Å². The first-order valence-corrected chi connectivity index (χ1v) is 11.9. The molecule has 2 aliphatic heterocycles. The van der Waals surface area contributed by atoms with Crippen LogP contribution in [-0.2, 0) is 14.3 Å². The Morgan fingerprint density at radius 1 is 0.972 bits per heavy atom. The highest BCUT2D eigenvalue weighted by atomic mass is 16.5. The Bertz CT molecular complexity index is 1130. The third-order valence-electron chi connectivity index (χ3n) is 6.39. The van der Waals surface area contributed by atoms with E-state index in [1.54, 1.807) is 39.3 Å². The Hall–Kier alpha value is -3.95. The number of aliphatic imine (C=N–C) groups is 1. The molecule has 1 fully saturated rings. The quantitative estimate of drug-likeness (QED) is 0.460. The van der Waals surface area contributed by atoms with Crippen LogP contribution in [0.3, 0.4) is 0 Å². The zero-order valence-corrected chi connectivity index (χ0v) is 21.0. The van der Waals surface area contributed by atoms with E-state index in [0.29, 0.717) is 36.1 Å². The number of esters is 1. The molecule has 0 bridgehead atoms. The van der Waals surface area contributed by atoms with Crippen molar-refractivity contribution in [2.45, 2.75) is 13.0 Å². The van der Waals surface area contributed by atoms with E-state index in [9.17, 15) is 9.59 Å². The van der Waals surface area contributed by atoms with E-state index in [-0.39, 0.29) is 6.61 Å². The predicted octanol–water partition coefficient (Wildman–Crippen LogP) is 2.24. The minimum Gasteiger partial charge on any atom is -0.497 e. The fraction of sp³-hybridized carbons (Fsp3) is 0.423. The lowest BCUT2D eigenvalue weighted by Crippen LogP contribution is -2.57. The molecule has 1 N–H and O–H groups in total. The molecule has 0 spiro atoms. The lowest BCUT2D eigenvalue weighted by Gasteiger charge is -2.39. The summed E-state index contributed by atoms with van der Waals surface area (Å²) in [7, 11) is 4.74. The monoisotopic (exact) mass is 496 g/mol. The van der Waals surface area contributed by atoms with Gasteiger partial charge in [0.25, 0.3) is 0 Å². The summed E-state index contributed by atoms with van der Waals surface area (Å²) in [6.07, 6.45) is 0. The largest absolute Gasteiger partial charge is 0.497 e. The molecule has 192 valence electrons. The van der Waals surface area contributed by atoms with E-state index in [2.05, 4.69) is 10.2 Å². The zero-order chi connectivity index (χ0) is 25.7. The van der Waals surface area contributed by atoms with Crippen molar-refractivity contribution in [1.29, 1.82) is 0 Å².